The van der Waals surface area contributed by atoms with Crippen LogP contribution in [0, 0.1) is 0 Å². The van der Waals surface area contributed by atoms with Crippen LogP contribution in [0.15, 0.2) is 24.3 Å². The zero-order valence-corrected chi connectivity index (χ0v) is 10.4. The number of carbonyl (C=O) groups excluding carboxylic acids is 2. The van der Waals surface area contributed by atoms with Crippen molar-refractivity contribution >= 4 is 23.5 Å². The lowest BCUT2D eigenvalue weighted by molar-refractivity contribution is -0.123. The highest BCUT2D eigenvalue weighted by Gasteiger charge is 2.30. The molecule has 1 saturated heterocycles. The van der Waals surface area contributed by atoms with Crippen LogP contribution in [0.4, 0.5) is 5.69 Å². The van der Waals surface area contributed by atoms with Crippen molar-refractivity contribution in [3.63, 3.8) is 0 Å². The number of likely N-dealkylation sites (N-methyl/N-ethyl adjacent to an activating group) is 1. The maximum absolute atomic E-state index is 12.2. The van der Waals surface area contributed by atoms with Gasteiger partial charge in [-0.1, -0.05) is 12.1 Å². The lowest BCUT2D eigenvalue weighted by Crippen LogP contribution is -2.43. The van der Waals surface area contributed by atoms with E-state index in [0.29, 0.717) is 18.5 Å². The Labute approximate surface area is 110 Å². The molecule has 2 N–H and O–H groups in total. The molecule has 1 aromatic carbocycles. The first-order valence-electron chi connectivity index (χ1n) is 5.90. The summed E-state index contributed by atoms with van der Waals surface area (Å²) in [5, 5.41) is 11.7. The molecule has 0 spiro atoms. The van der Waals surface area contributed by atoms with Crippen LogP contribution in [0.25, 0.3) is 0 Å². The topological polar surface area (TPSA) is 86.7 Å². The summed E-state index contributed by atoms with van der Waals surface area (Å²) in [7, 11) is 1.51. The smallest absolute Gasteiger partial charge is 0.337 e. The third-order valence-corrected chi connectivity index (χ3v) is 3.12. The van der Waals surface area contributed by atoms with Gasteiger partial charge in [0.2, 0.25) is 11.8 Å². The summed E-state index contributed by atoms with van der Waals surface area (Å²) in [6, 6.07) is 5.70. The van der Waals surface area contributed by atoms with Crippen LogP contribution in [0.5, 0.6) is 0 Å². The number of carboxylic acids is 1. The maximum atomic E-state index is 12.2. The summed E-state index contributed by atoms with van der Waals surface area (Å²) < 4.78 is 0. The predicted octanol–water partition coefficient (Wildman–Crippen LogP) is 0.626. The van der Waals surface area contributed by atoms with Crippen LogP contribution in [-0.4, -0.2) is 36.0 Å². The Kier molecular flexibility index (Phi) is 3.50. The van der Waals surface area contributed by atoms with E-state index in [-0.39, 0.29) is 17.4 Å². The van der Waals surface area contributed by atoms with E-state index in [4.69, 9.17) is 5.11 Å². The van der Waals surface area contributed by atoms with Gasteiger partial charge in [-0.05, 0) is 18.6 Å². The molecule has 100 valence electrons. The number of nitrogens with one attached hydrogen (secondary N) is 1. The molecule has 0 bridgehead atoms. The molecule has 2 rings (SSSR count). The van der Waals surface area contributed by atoms with Gasteiger partial charge in [-0.2, -0.15) is 0 Å². The predicted molar refractivity (Wildman–Crippen MR) is 68.0 cm³/mol. The van der Waals surface area contributed by atoms with E-state index >= 15 is 0 Å². The zero-order valence-electron chi connectivity index (χ0n) is 10.4. The highest BCUT2D eigenvalue weighted by atomic mass is 16.4. The number of carbonyl (C=O) groups is 3. The summed E-state index contributed by atoms with van der Waals surface area (Å²) >= 11 is 0. The minimum atomic E-state index is -1.09. The fourth-order valence-electron chi connectivity index (χ4n) is 2.10. The van der Waals surface area contributed by atoms with E-state index in [1.807, 2.05) is 0 Å². The van der Waals surface area contributed by atoms with Crippen molar-refractivity contribution in [2.45, 2.75) is 18.9 Å². The van der Waals surface area contributed by atoms with Crippen LogP contribution >= 0.6 is 0 Å². The van der Waals surface area contributed by atoms with Crippen molar-refractivity contribution in [2.24, 2.45) is 0 Å². The second-order valence-electron chi connectivity index (χ2n) is 4.38. The first-order valence-corrected chi connectivity index (χ1v) is 5.90. The number of hydrogen-bond acceptors (Lipinski definition) is 3. The second kappa shape index (κ2) is 5.09. The van der Waals surface area contributed by atoms with Crippen molar-refractivity contribution in [1.29, 1.82) is 0 Å². The van der Waals surface area contributed by atoms with E-state index in [9.17, 15) is 14.4 Å². The van der Waals surface area contributed by atoms with Gasteiger partial charge < -0.3 is 15.3 Å². The standard InChI is InChI=1S/C13H14N2O4/c1-15(12(17)9-6-7-11(16)14-9)10-5-3-2-4-8(10)13(18)19/h2-5,9H,6-7H2,1H3,(H,14,16)(H,18,19). The minimum Gasteiger partial charge on any atom is -0.478 e. The molecular weight excluding hydrogens is 248 g/mol. The van der Waals surface area contributed by atoms with Crippen LogP contribution in [0.1, 0.15) is 23.2 Å². The normalized spacial score (nSPS) is 17.9. The third-order valence-electron chi connectivity index (χ3n) is 3.12. The molecule has 1 fully saturated rings. The Morgan fingerprint density at radius 2 is 2.05 bits per heavy atom. The molecule has 6 heteroatoms. The molecule has 0 aliphatic carbocycles. The quantitative estimate of drug-likeness (QED) is 0.836. The third kappa shape index (κ3) is 2.57. The van der Waals surface area contributed by atoms with E-state index in [0.717, 1.165) is 0 Å². The fourth-order valence-corrected chi connectivity index (χ4v) is 2.10. The Hall–Kier alpha value is -2.37. The van der Waals surface area contributed by atoms with E-state index < -0.39 is 12.0 Å². The average molecular weight is 262 g/mol. The number of amides is 2. The van der Waals surface area contributed by atoms with Crippen LogP contribution in [0.3, 0.4) is 0 Å². The van der Waals surface area contributed by atoms with Crippen molar-refractivity contribution in [3.05, 3.63) is 29.8 Å². The summed E-state index contributed by atoms with van der Waals surface area (Å²) in [5.74, 6) is -1.55. The minimum absolute atomic E-state index is 0.0580. The first-order chi connectivity index (χ1) is 9.00. The summed E-state index contributed by atoms with van der Waals surface area (Å²) in [4.78, 5) is 35.7. The molecule has 0 radical (unpaired) electrons. The number of anilines is 1. The zero-order chi connectivity index (χ0) is 14.0. The Morgan fingerprint density at radius 1 is 1.37 bits per heavy atom. The largest absolute Gasteiger partial charge is 0.478 e. The first kappa shape index (κ1) is 13.1. The number of benzene rings is 1. The number of carboxylic acid groups (broad SMARTS) is 1. The van der Waals surface area contributed by atoms with Gasteiger partial charge in [0.05, 0.1) is 11.3 Å². The second-order valence-corrected chi connectivity index (χ2v) is 4.38. The SMILES string of the molecule is CN(C(=O)C1CCC(=O)N1)c1ccccc1C(=O)O. The molecule has 19 heavy (non-hydrogen) atoms. The maximum Gasteiger partial charge on any atom is 0.337 e. The monoisotopic (exact) mass is 262 g/mol. The van der Waals surface area contributed by atoms with Crippen LogP contribution in [0.2, 0.25) is 0 Å². The van der Waals surface area contributed by atoms with Gasteiger partial charge >= 0.3 is 5.97 Å². The number of para-hydroxylation sites is 1. The molecular formula is C13H14N2O4. The summed E-state index contributed by atoms with van der Waals surface area (Å²) in [6.07, 6.45) is 0.766. The molecule has 1 heterocycles. The molecule has 1 aliphatic heterocycles. The molecule has 1 unspecified atom stereocenters. The van der Waals surface area contributed by atoms with Crippen molar-refractivity contribution in [2.75, 3.05) is 11.9 Å². The van der Waals surface area contributed by atoms with Crippen molar-refractivity contribution in [3.8, 4) is 0 Å². The Balaban J connectivity index is 2.24. The van der Waals surface area contributed by atoms with Crippen molar-refractivity contribution in [1.82, 2.24) is 5.32 Å². The van der Waals surface area contributed by atoms with E-state index in [2.05, 4.69) is 5.32 Å². The molecule has 6 nitrogen and oxygen atoms in total. The highest BCUT2D eigenvalue weighted by molar-refractivity contribution is 6.05. The number of aromatic carboxylic acids is 1. The highest BCUT2D eigenvalue weighted by Crippen LogP contribution is 2.21. The molecule has 2 amide bonds. The van der Waals surface area contributed by atoms with Crippen molar-refractivity contribution < 1.29 is 19.5 Å². The van der Waals surface area contributed by atoms with Gasteiger partial charge in [-0.15, -0.1) is 0 Å². The van der Waals surface area contributed by atoms with E-state index in [1.54, 1.807) is 18.2 Å². The van der Waals surface area contributed by atoms with E-state index in [1.165, 1.54) is 18.0 Å². The lowest BCUT2D eigenvalue weighted by Gasteiger charge is -2.22. The number of hydrogen-bond donors (Lipinski definition) is 2. The summed E-state index contributed by atoms with van der Waals surface area (Å²) in [5.41, 5.74) is 0.379. The van der Waals surface area contributed by atoms with Gasteiger partial charge in [0, 0.05) is 13.5 Å². The Bertz CT molecular complexity index is 541. The lowest BCUT2D eigenvalue weighted by atomic mass is 10.1. The van der Waals surface area contributed by atoms with Gasteiger partial charge in [0.1, 0.15) is 6.04 Å². The summed E-state index contributed by atoms with van der Waals surface area (Å²) in [6.45, 7) is 0. The Morgan fingerprint density at radius 3 is 2.63 bits per heavy atom. The molecule has 0 aromatic heterocycles. The van der Waals surface area contributed by atoms with Crippen LogP contribution < -0.4 is 10.2 Å². The van der Waals surface area contributed by atoms with Gasteiger partial charge in [0.15, 0.2) is 0 Å². The van der Waals surface area contributed by atoms with Crippen LogP contribution in [-0.2, 0) is 9.59 Å². The van der Waals surface area contributed by atoms with Gasteiger partial charge in [0.25, 0.3) is 0 Å². The van der Waals surface area contributed by atoms with Gasteiger partial charge in [-0.25, -0.2) is 4.79 Å². The fraction of sp³-hybridized carbons (Fsp3) is 0.308. The molecule has 1 atom stereocenters. The molecule has 1 aromatic rings. The number of rotatable bonds is 3. The van der Waals surface area contributed by atoms with Gasteiger partial charge in [-0.3, -0.25) is 9.59 Å². The number of nitrogens with zero attached hydrogens (tertiary/aromatic N) is 1. The molecule has 0 saturated carbocycles. The average Bonchev–Trinajstić information content (AvgIpc) is 2.83. The molecule has 1 aliphatic rings.